The van der Waals surface area contributed by atoms with Crippen molar-refractivity contribution in [3.63, 3.8) is 0 Å². The number of rotatable bonds is 9. The van der Waals surface area contributed by atoms with Crippen LogP contribution in [0.15, 0.2) is 91.3 Å². The van der Waals surface area contributed by atoms with Crippen LogP contribution in [-0.2, 0) is 17.6 Å². The van der Waals surface area contributed by atoms with Gasteiger partial charge in [-0.05, 0) is 41.3 Å². The minimum absolute atomic E-state index is 0.0385. The van der Waals surface area contributed by atoms with Gasteiger partial charge in [-0.25, -0.2) is 9.59 Å². The highest BCUT2D eigenvalue weighted by molar-refractivity contribution is 6.40. The first kappa shape index (κ1) is 28.6. The Morgan fingerprint density at radius 3 is 2.15 bits per heavy atom. The third kappa shape index (κ3) is 7.16. The van der Waals surface area contributed by atoms with Gasteiger partial charge in [-0.3, -0.25) is 14.7 Å². The first-order chi connectivity index (χ1) is 19.2. The Kier molecular flexibility index (Phi) is 9.37. The van der Waals surface area contributed by atoms with Gasteiger partial charge < -0.3 is 15.7 Å². The number of halogens is 2. The van der Waals surface area contributed by atoms with Gasteiger partial charge in [-0.15, -0.1) is 0 Å². The predicted octanol–water partition coefficient (Wildman–Crippen LogP) is 6.07. The molecule has 3 amide bonds. The lowest BCUT2D eigenvalue weighted by molar-refractivity contribution is -0.139. The molecule has 8 nitrogen and oxygen atoms in total. The molecular formula is C30H26Cl2N4O4. The maximum absolute atomic E-state index is 13.1. The van der Waals surface area contributed by atoms with E-state index >= 15 is 0 Å². The maximum Gasteiger partial charge on any atom is 0.326 e. The number of amides is 3. The first-order valence-electron chi connectivity index (χ1n) is 12.3. The Morgan fingerprint density at radius 2 is 1.50 bits per heavy atom. The molecule has 1 atom stereocenters. The number of nitrogens with one attached hydrogen (secondary N) is 2. The van der Waals surface area contributed by atoms with Crippen molar-refractivity contribution in [1.29, 1.82) is 0 Å². The number of carbonyl (C=O) groups excluding carboxylic acids is 2. The lowest BCUT2D eigenvalue weighted by Gasteiger charge is -2.24. The highest BCUT2D eigenvalue weighted by Crippen LogP contribution is 2.25. The number of aliphatic carboxylic acids is 1. The van der Waals surface area contributed by atoms with E-state index in [-0.39, 0.29) is 22.0 Å². The standard InChI is InChI=1S/C30H26Cl2N4O4/c1-36(26-10-6-5-9-21(26)15-19-7-3-2-4-8-19)30(40)35-25(29(38)39)16-20-11-13-22(14-12-20)34-28(37)27-23(31)17-33-18-24(27)32/h2-14,17-18,25H,15-16H2,1H3,(H,34,37)(H,35,40)(H,38,39)/t25-/m0/s1. The molecule has 0 bridgehead atoms. The topological polar surface area (TPSA) is 112 Å². The monoisotopic (exact) mass is 576 g/mol. The van der Waals surface area contributed by atoms with Crippen molar-refractivity contribution >= 4 is 52.5 Å². The van der Waals surface area contributed by atoms with Crippen LogP contribution in [0.25, 0.3) is 0 Å². The molecule has 204 valence electrons. The Labute approximate surface area is 241 Å². The highest BCUT2D eigenvalue weighted by atomic mass is 35.5. The molecule has 0 aliphatic heterocycles. The minimum atomic E-state index is -1.17. The fraction of sp³-hybridized carbons (Fsp3) is 0.133. The number of pyridine rings is 1. The lowest BCUT2D eigenvalue weighted by Crippen LogP contribution is -2.48. The van der Waals surface area contributed by atoms with Gasteiger partial charge in [-0.2, -0.15) is 0 Å². The maximum atomic E-state index is 13.1. The number of carbonyl (C=O) groups is 3. The zero-order chi connectivity index (χ0) is 28.6. The number of hydrogen-bond acceptors (Lipinski definition) is 4. The van der Waals surface area contributed by atoms with Gasteiger partial charge in [0.15, 0.2) is 0 Å². The Balaban J connectivity index is 1.41. The number of hydrogen-bond donors (Lipinski definition) is 3. The van der Waals surface area contributed by atoms with Crippen molar-refractivity contribution in [3.8, 4) is 0 Å². The van der Waals surface area contributed by atoms with Crippen LogP contribution >= 0.6 is 23.2 Å². The highest BCUT2D eigenvalue weighted by Gasteiger charge is 2.24. The molecular weight excluding hydrogens is 551 g/mol. The fourth-order valence-electron chi connectivity index (χ4n) is 4.14. The molecule has 0 saturated heterocycles. The second-order valence-corrected chi connectivity index (χ2v) is 9.84. The summed E-state index contributed by atoms with van der Waals surface area (Å²) in [6.07, 6.45) is 3.31. The fourth-order valence-corrected chi connectivity index (χ4v) is 4.68. The molecule has 0 radical (unpaired) electrons. The first-order valence-corrected chi connectivity index (χ1v) is 13.1. The van der Waals surface area contributed by atoms with Crippen LogP contribution in [0.1, 0.15) is 27.0 Å². The number of carboxylic acid groups (broad SMARTS) is 1. The van der Waals surface area contributed by atoms with Crippen molar-refractivity contribution in [3.05, 3.63) is 124 Å². The normalized spacial score (nSPS) is 11.4. The third-order valence-electron chi connectivity index (χ3n) is 6.22. The number of urea groups is 1. The van der Waals surface area contributed by atoms with E-state index in [1.165, 1.54) is 17.3 Å². The van der Waals surface area contributed by atoms with Gasteiger partial charge >= 0.3 is 12.0 Å². The second-order valence-electron chi connectivity index (χ2n) is 9.02. The summed E-state index contributed by atoms with van der Waals surface area (Å²) in [5.41, 5.74) is 3.93. The van der Waals surface area contributed by atoms with Crippen LogP contribution in [0.5, 0.6) is 0 Å². The summed E-state index contributed by atoms with van der Waals surface area (Å²) in [5, 5.41) is 15.4. The molecule has 0 spiro atoms. The Bertz CT molecular complexity index is 1490. The van der Waals surface area contributed by atoms with Crippen LogP contribution in [-0.4, -0.2) is 41.1 Å². The summed E-state index contributed by atoms with van der Waals surface area (Å²) < 4.78 is 0. The van der Waals surface area contributed by atoms with E-state index in [4.69, 9.17) is 23.2 Å². The van der Waals surface area contributed by atoms with Crippen LogP contribution < -0.4 is 15.5 Å². The minimum Gasteiger partial charge on any atom is -0.480 e. The van der Waals surface area contributed by atoms with Crippen LogP contribution in [0.3, 0.4) is 0 Å². The summed E-state index contributed by atoms with van der Waals surface area (Å²) in [6.45, 7) is 0. The summed E-state index contributed by atoms with van der Waals surface area (Å²) in [4.78, 5) is 43.0. The molecule has 3 aromatic carbocycles. The smallest absolute Gasteiger partial charge is 0.326 e. The van der Waals surface area contributed by atoms with Gasteiger partial charge in [0.25, 0.3) is 5.91 Å². The number of anilines is 2. The van der Waals surface area contributed by atoms with Crippen molar-refractivity contribution in [2.45, 2.75) is 18.9 Å². The second kappa shape index (κ2) is 13.1. The molecule has 0 aliphatic carbocycles. The number of aromatic nitrogens is 1. The van der Waals surface area contributed by atoms with Gasteiger partial charge in [0.2, 0.25) is 0 Å². The average molecular weight is 577 g/mol. The van der Waals surface area contributed by atoms with E-state index in [1.54, 1.807) is 31.3 Å². The van der Waals surface area contributed by atoms with Gasteiger partial charge in [0, 0.05) is 37.2 Å². The van der Waals surface area contributed by atoms with Gasteiger partial charge in [0.05, 0.1) is 15.6 Å². The molecule has 1 heterocycles. The summed E-state index contributed by atoms with van der Waals surface area (Å²) in [7, 11) is 1.61. The molecule has 4 rings (SSSR count). The van der Waals surface area contributed by atoms with Crippen LogP contribution in [0, 0.1) is 0 Å². The van der Waals surface area contributed by atoms with Gasteiger partial charge in [-0.1, -0.05) is 83.9 Å². The number of carboxylic acids is 1. The molecule has 1 aromatic heterocycles. The van der Waals surface area contributed by atoms with Gasteiger partial charge in [0.1, 0.15) is 6.04 Å². The van der Waals surface area contributed by atoms with Crippen LogP contribution in [0.2, 0.25) is 10.0 Å². The quantitative estimate of drug-likeness (QED) is 0.224. The van der Waals surface area contributed by atoms with Crippen molar-refractivity contribution in [2.75, 3.05) is 17.3 Å². The Hall–Kier alpha value is -4.40. The van der Waals surface area contributed by atoms with Crippen molar-refractivity contribution in [1.82, 2.24) is 10.3 Å². The summed E-state index contributed by atoms with van der Waals surface area (Å²) in [6, 6.07) is 22.3. The van der Waals surface area contributed by atoms with Crippen molar-refractivity contribution < 1.29 is 19.5 Å². The van der Waals surface area contributed by atoms with E-state index in [9.17, 15) is 19.5 Å². The summed E-state index contributed by atoms with van der Waals surface area (Å²) >= 11 is 12.1. The molecule has 0 saturated carbocycles. The lowest BCUT2D eigenvalue weighted by atomic mass is 10.0. The number of benzene rings is 3. The predicted molar refractivity (Wildman–Crippen MR) is 156 cm³/mol. The van der Waals surface area contributed by atoms with E-state index < -0.39 is 23.9 Å². The molecule has 0 fully saturated rings. The van der Waals surface area contributed by atoms with E-state index in [0.717, 1.165) is 11.1 Å². The molecule has 0 unspecified atom stereocenters. The average Bonchev–Trinajstić information content (AvgIpc) is 2.94. The SMILES string of the molecule is CN(C(=O)N[C@@H](Cc1ccc(NC(=O)c2c(Cl)cncc2Cl)cc1)C(=O)O)c1ccccc1Cc1ccccc1. The molecule has 4 aromatic rings. The van der Waals surface area contributed by atoms with E-state index in [0.29, 0.717) is 23.4 Å². The molecule has 40 heavy (non-hydrogen) atoms. The molecule has 10 heteroatoms. The number of para-hydroxylation sites is 1. The molecule has 0 aliphatic rings. The summed E-state index contributed by atoms with van der Waals surface area (Å²) in [5.74, 6) is -1.67. The van der Waals surface area contributed by atoms with E-state index in [2.05, 4.69) is 15.6 Å². The van der Waals surface area contributed by atoms with E-state index in [1.807, 2.05) is 54.6 Å². The largest absolute Gasteiger partial charge is 0.480 e. The zero-order valence-corrected chi connectivity index (χ0v) is 23.0. The van der Waals surface area contributed by atoms with Crippen LogP contribution in [0.4, 0.5) is 16.2 Å². The number of nitrogens with zero attached hydrogens (tertiary/aromatic N) is 2. The Morgan fingerprint density at radius 1 is 0.875 bits per heavy atom. The van der Waals surface area contributed by atoms with Crippen molar-refractivity contribution in [2.24, 2.45) is 0 Å². The molecule has 3 N–H and O–H groups in total. The zero-order valence-electron chi connectivity index (χ0n) is 21.5. The third-order valence-corrected chi connectivity index (χ3v) is 6.80.